The van der Waals surface area contributed by atoms with Crippen molar-refractivity contribution < 1.29 is 9.59 Å². The van der Waals surface area contributed by atoms with Crippen molar-refractivity contribution in [2.45, 2.75) is 12.8 Å². The normalized spacial score (nSPS) is 14.6. The summed E-state index contributed by atoms with van der Waals surface area (Å²) in [5.41, 5.74) is 7.68. The molecule has 2 aromatic rings. The second-order valence-electron chi connectivity index (χ2n) is 5.28. The van der Waals surface area contributed by atoms with Crippen LogP contribution in [0.3, 0.4) is 0 Å². The number of aromatic nitrogens is 1. The van der Waals surface area contributed by atoms with Crippen molar-refractivity contribution in [1.29, 1.82) is 0 Å². The summed E-state index contributed by atoms with van der Waals surface area (Å²) in [6, 6.07) is 5.34. The van der Waals surface area contributed by atoms with Gasteiger partial charge < -0.3 is 20.9 Å². The van der Waals surface area contributed by atoms with Crippen molar-refractivity contribution in [3.05, 3.63) is 30.0 Å². The van der Waals surface area contributed by atoms with Gasteiger partial charge in [0.05, 0.1) is 12.1 Å². The number of carbonyl (C=O) groups excluding carboxylic acids is 2. The molecule has 3 rings (SSSR count). The van der Waals surface area contributed by atoms with Crippen molar-refractivity contribution in [1.82, 2.24) is 15.2 Å². The zero-order chi connectivity index (χ0) is 14.8. The first-order valence-corrected chi connectivity index (χ1v) is 7.08. The average Bonchev–Trinajstić information content (AvgIpc) is 3.13. The van der Waals surface area contributed by atoms with Gasteiger partial charge in [-0.1, -0.05) is 0 Å². The van der Waals surface area contributed by atoms with Crippen LogP contribution in [0.5, 0.6) is 0 Å². The van der Waals surface area contributed by atoms with Gasteiger partial charge >= 0.3 is 0 Å². The van der Waals surface area contributed by atoms with E-state index in [1.165, 1.54) is 0 Å². The Hall–Kier alpha value is -2.50. The van der Waals surface area contributed by atoms with E-state index in [1.807, 2.05) is 0 Å². The van der Waals surface area contributed by atoms with Gasteiger partial charge in [-0.05, 0) is 31.0 Å². The van der Waals surface area contributed by atoms with Gasteiger partial charge in [0.15, 0.2) is 0 Å². The lowest BCUT2D eigenvalue weighted by atomic mass is 10.1. The molecule has 110 valence electrons. The standard InChI is InChI=1S/C15H18N4O2/c16-10-3-4-11-12(8-17-13(11)7-10)15(21)18-9-14(20)19-5-1-2-6-19/h3-4,7-8,17H,1-2,5-6,9,16H2,(H,18,21). The summed E-state index contributed by atoms with van der Waals surface area (Å²) in [5.74, 6) is -0.275. The number of nitrogen functional groups attached to an aromatic ring is 1. The number of hydrogen-bond donors (Lipinski definition) is 3. The minimum atomic E-state index is -0.251. The van der Waals surface area contributed by atoms with Crippen LogP contribution in [0.15, 0.2) is 24.4 Å². The monoisotopic (exact) mass is 286 g/mol. The van der Waals surface area contributed by atoms with Gasteiger partial charge in [0.25, 0.3) is 5.91 Å². The van der Waals surface area contributed by atoms with Crippen LogP contribution in [-0.2, 0) is 4.79 Å². The summed E-state index contributed by atoms with van der Waals surface area (Å²) < 4.78 is 0. The van der Waals surface area contributed by atoms with Gasteiger partial charge in [-0.25, -0.2) is 0 Å². The van der Waals surface area contributed by atoms with Crippen molar-refractivity contribution in [3.63, 3.8) is 0 Å². The molecule has 0 spiro atoms. The van der Waals surface area contributed by atoms with E-state index in [2.05, 4.69) is 10.3 Å². The second-order valence-corrected chi connectivity index (χ2v) is 5.28. The molecular formula is C15H18N4O2. The summed E-state index contributed by atoms with van der Waals surface area (Å²) in [5, 5.41) is 3.49. The number of H-pyrrole nitrogens is 1. The SMILES string of the molecule is Nc1ccc2c(C(=O)NCC(=O)N3CCCC3)c[nH]c2c1. The summed E-state index contributed by atoms with van der Waals surface area (Å²) in [6.07, 6.45) is 3.73. The molecule has 1 aliphatic heterocycles. The molecule has 0 saturated carbocycles. The molecule has 0 aliphatic carbocycles. The van der Waals surface area contributed by atoms with Gasteiger partial charge in [0.2, 0.25) is 5.91 Å². The molecule has 4 N–H and O–H groups in total. The molecule has 1 saturated heterocycles. The lowest BCUT2D eigenvalue weighted by molar-refractivity contribution is -0.129. The van der Waals surface area contributed by atoms with Crippen LogP contribution in [-0.4, -0.2) is 41.3 Å². The van der Waals surface area contributed by atoms with Crippen LogP contribution in [0.25, 0.3) is 10.9 Å². The fraction of sp³-hybridized carbons (Fsp3) is 0.333. The number of hydrogen-bond acceptors (Lipinski definition) is 3. The molecule has 6 heteroatoms. The van der Waals surface area contributed by atoms with E-state index in [0.717, 1.165) is 36.8 Å². The fourth-order valence-electron chi connectivity index (χ4n) is 2.66. The van der Waals surface area contributed by atoms with Crippen LogP contribution in [0, 0.1) is 0 Å². The van der Waals surface area contributed by atoms with Gasteiger partial charge in [-0.3, -0.25) is 9.59 Å². The Morgan fingerprint density at radius 2 is 2.05 bits per heavy atom. The Bertz CT molecular complexity index is 686. The molecular weight excluding hydrogens is 268 g/mol. The highest BCUT2D eigenvalue weighted by Gasteiger charge is 2.19. The number of carbonyl (C=O) groups is 2. The molecule has 0 atom stereocenters. The van der Waals surface area contributed by atoms with E-state index < -0.39 is 0 Å². The van der Waals surface area contributed by atoms with E-state index in [0.29, 0.717) is 11.3 Å². The fourth-order valence-corrected chi connectivity index (χ4v) is 2.66. The highest BCUT2D eigenvalue weighted by Crippen LogP contribution is 2.20. The van der Waals surface area contributed by atoms with Crippen molar-refractivity contribution in [3.8, 4) is 0 Å². The van der Waals surface area contributed by atoms with Crippen LogP contribution in [0.4, 0.5) is 5.69 Å². The first kappa shape index (κ1) is 13.5. The molecule has 1 aliphatic rings. The molecule has 1 aromatic carbocycles. The van der Waals surface area contributed by atoms with Gasteiger partial charge in [-0.15, -0.1) is 0 Å². The molecule has 1 fully saturated rings. The number of nitrogens with zero attached hydrogens (tertiary/aromatic N) is 1. The highest BCUT2D eigenvalue weighted by molar-refractivity contribution is 6.07. The zero-order valence-electron chi connectivity index (χ0n) is 11.7. The van der Waals surface area contributed by atoms with Crippen molar-refractivity contribution in [2.75, 3.05) is 25.4 Å². The van der Waals surface area contributed by atoms with Crippen LogP contribution >= 0.6 is 0 Å². The predicted octanol–water partition coefficient (Wildman–Crippen LogP) is 1.10. The summed E-state index contributed by atoms with van der Waals surface area (Å²) in [4.78, 5) is 28.9. The van der Waals surface area contributed by atoms with E-state index in [9.17, 15) is 9.59 Å². The maximum atomic E-state index is 12.2. The Labute approximate surface area is 122 Å². The van der Waals surface area contributed by atoms with Gasteiger partial charge in [-0.2, -0.15) is 0 Å². The predicted molar refractivity (Wildman–Crippen MR) is 80.9 cm³/mol. The third-order valence-electron chi connectivity index (χ3n) is 3.81. The summed E-state index contributed by atoms with van der Waals surface area (Å²) in [6.45, 7) is 1.63. The molecule has 0 unspecified atom stereocenters. The number of rotatable bonds is 3. The topological polar surface area (TPSA) is 91.2 Å². The third-order valence-corrected chi connectivity index (χ3v) is 3.81. The first-order chi connectivity index (χ1) is 10.1. The van der Waals surface area contributed by atoms with Crippen molar-refractivity contribution in [2.24, 2.45) is 0 Å². The quantitative estimate of drug-likeness (QED) is 0.738. The lowest BCUT2D eigenvalue weighted by Crippen LogP contribution is -2.38. The molecule has 6 nitrogen and oxygen atoms in total. The molecule has 21 heavy (non-hydrogen) atoms. The van der Waals surface area contributed by atoms with E-state index in [4.69, 9.17) is 5.73 Å². The molecule has 0 bridgehead atoms. The number of anilines is 1. The number of fused-ring (bicyclic) bond motifs is 1. The number of likely N-dealkylation sites (tertiary alicyclic amines) is 1. The second kappa shape index (κ2) is 5.47. The van der Waals surface area contributed by atoms with Crippen LogP contribution in [0.1, 0.15) is 23.2 Å². The number of nitrogens with one attached hydrogen (secondary N) is 2. The van der Waals surface area contributed by atoms with Crippen LogP contribution in [0.2, 0.25) is 0 Å². The van der Waals surface area contributed by atoms with E-state index >= 15 is 0 Å². The molecule has 2 heterocycles. The average molecular weight is 286 g/mol. The molecule has 2 amide bonds. The Balaban J connectivity index is 1.68. The van der Waals surface area contributed by atoms with Gasteiger partial charge in [0.1, 0.15) is 0 Å². The third kappa shape index (κ3) is 2.69. The van der Waals surface area contributed by atoms with Gasteiger partial charge in [0, 0.05) is 35.9 Å². The number of amides is 2. The molecule has 1 aromatic heterocycles. The number of nitrogens with two attached hydrogens (primary N) is 1. The zero-order valence-corrected chi connectivity index (χ0v) is 11.7. The van der Waals surface area contributed by atoms with E-state index in [1.54, 1.807) is 29.3 Å². The number of aromatic amines is 1. The number of benzene rings is 1. The Morgan fingerprint density at radius 3 is 2.81 bits per heavy atom. The summed E-state index contributed by atoms with van der Waals surface area (Å²) >= 11 is 0. The maximum Gasteiger partial charge on any atom is 0.253 e. The summed E-state index contributed by atoms with van der Waals surface area (Å²) in [7, 11) is 0. The maximum absolute atomic E-state index is 12.2. The van der Waals surface area contributed by atoms with E-state index in [-0.39, 0.29) is 18.4 Å². The van der Waals surface area contributed by atoms with Crippen molar-refractivity contribution >= 4 is 28.4 Å². The van der Waals surface area contributed by atoms with Crippen LogP contribution < -0.4 is 11.1 Å². The molecule has 0 radical (unpaired) electrons. The Morgan fingerprint density at radius 1 is 1.29 bits per heavy atom. The highest BCUT2D eigenvalue weighted by atomic mass is 16.2. The first-order valence-electron chi connectivity index (χ1n) is 7.08. The lowest BCUT2D eigenvalue weighted by Gasteiger charge is -2.15. The smallest absolute Gasteiger partial charge is 0.253 e. The minimum absolute atomic E-state index is 0.0232. The minimum Gasteiger partial charge on any atom is -0.399 e. The Kier molecular flexibility index (Phi) is 3.51. The largest absolute Gasteiger partial charge is 0.399 e.